The topological polar surface area (TPSA) is 52.0 Å². The third-order valence-corrected chi connectivity index (χ3v) is 2.83. The van der Waals surface area contributed by atoms with Crippen LogP contribution in [0.1, 0.15) is 0 Å². The average molecular weight is 242 g/mol. The summed E-state index contributed by atoms with van der Waals surface area (Å²) in [5.41, 5.74) is 5.51. The van der Waals surface area contributed by atoms with Crippen molar-refractivity contribution >= 4 is 17.6 Å². The molecule has 0 saturated heterocycles. The van der Waals surface area contributed by atoms with Gasteiger partial charge in [0.25, 0.3) is 0 Å². The molecule has 0 radical (unpaired) electrons. The van der Waals surface area contributed by atoms with Gasteiger partial charge >= 0.3 is 0 Å². The second kappa shape index (κ2) is 4.13. The third kappa shape index (κ3) is 1.76. The highest BCUT2D eigenvalue weighted by Crippen LogP contribution is 2.31. The number of thioether (sulfide) groups is 1. The molecule has 0 bridgehead atoms. The van der Waals surface area contributed by atoms with E-state index in [0.29, 0.717) is 0 Å². The van der Waals surface area contributed by atoms with Crippen LogP contribution in [0.25, 0.3) is 11.3 Å². The molecule has 0 saturated carbocycles. The molecule has 2 N–H and O–H groups in total. The summed E-state index contributed by atoms with van der Waals surface area (Å²) in [5.74, 6) is -0.917. The van der Waals surface area contributed by atoms with E-state index < -0.39 is 11.6 Å². The van der Waals surface area contributed by atoms with Crippen molar-refractivity contribution in [2.24, 2.45) is 0 Å². The highest BCUT2D eigenvalue weighted by Gasteiger charge is 2.16. The number of nitrogen functional groups attached to an aromatic ring is 1. The largest absolute Gasteiger partial charge is 0.381 e. The lowest BCUT2D eigenvalue weighted by molar-refractivity contribution is 0.432. The van der Waals surface area contributed by atoms with Gasteiger partial charge in [-0.2, -0.15) is 0 Å². The summed E-state index contributed by atoms with van der Waals surface area (Å²) in [7, 11) is 0. The van der Waals surface area contributed by atoms with Crippen molar-refractivity contribution in [1.29, 1.82) is 0 Å². The molecule has 2 aromatic rings. The smallest absolute Gasteiger partial charge is 0.172 e. The van der Waals surface area contributed by atoms with E-state index in [0.717, 1.165) is 11.8 Å². The summed E-state index contributed by atoms with van der Waals surface area (Å²) in [4.78, 5) is -0.0486. The molecule has 1 aromatic heterocycles. The van der Waals surface area contributed by atoms with Gasteiger partial charge in [-0.3, -0.25) is 0 Å². The van der Waals surface area contributed by atoms with Crippen LogP contribution in [-0.2, 0) is 0 Å². The van der Waals surface area contributed by atoms with Gasteiger partial charge in [-0.25, -0.2) is 8.78 Å². The predicted octanol–water partition coefficient (Wildman–Crippen LogP) is 2.92. The van der Waals surface area contributed by atoms with Gasteiger partial charge in [0.2, 0.25) is 0 Å². The standard InChI is InChI=1S/C10H8F2N2OS/c1-16-10-6(11)3-2-5(9(10)12)7-4-8(13)14-15-7/h2-4H,1H3,(H2,13,14). The molecule has 0 unspecified atom stereocenters. The molecule has 6 heteroatoms. The van der Waals surface area contributed by atoms with Crippen LogP contribution < -0.4 is 5.73 Å². The molecule has 16 heavy (non-hydrogen) atoms. The Morgan fingerprint density at radius 1 is 1.38 bits per heavy atom. The van der Waals surface area contributed by atoms with E-state index in [4.69, 9.17) is 10.3 Å². The molecule has 1 heterocycles. The summed E-state index contributed by atoms with van der Waals surface area (Å²) in [6.45, 7) is 0. The lowest BCUT2D eigenvalue weighted by atomic mass is 10.1. The summed E-state index contributed by atoms with van der Waals surface area (Å²) < 4.78 is 31.9. The molecule has 0 aliphatic carbocycles. The summed E-state index contributed by atoms with van der Waals surface area (Å²) in [6.07, 6.45) is 1.60. The van der Waals surface area contributed by atoms with E-state index >= 15 is 0 Å². The Hall–Kier alpha value is -1.56. The first-order chi connectivity index (χ1) is 7.63. The second-order valence-corrected chi connectivity index (χ2v) is 3.87. The zero-order chi connectivity index (χ0) is 11.7. The Kier molecular flexibility index (Phi) is 2.82. The summed E-state index contributed by atoms with van der Waals surface area (Å²) in [6, 6.07) is 3.87. The fraction of sp³-hybridized carbons (Fsp3) is 0.100. The van der Waals surface area contributed by atoms with Gasteiger partial charge < -0.3 is 10.3 Å². The quantitative estimate of drug-likeness (QED) is 0.822. The van der Waals surface area contributed by atoms with Gasteiger partial charge in [0.05, 0.1) is 10.5 Å². The van der Waals surface area contributed by atoms with Crippen LogP contribution >= 0.6 is 11.8 Å². The number of nitrogens with two attached hydrogens (primary N) is 1. The molecule has 0 aliphatic rings. The molecular formula is C10H8F2N2OS. The van der Waals surface area contributed by atoms with E-state index in [1.807, 2.05) is 0 Å². The minimum atomic E-state index is -0.663. The van der Waals surface area contributed by atoms with Crippen molar-refractivity contribution < 1.29 is 13.3 Å². The first-order valence-electron chi connectivity index (χ1n) is 4.38. The van der Waals surface area contributed by atoms with E-state index in [-0.39, 0.29) is 22.0 Å². The van der Waals surface area contributed by atoms with Gasteiger partial charge in [-0.1, -0.05) is 5.16 Å². The van der Waals surface area contributed by atoms with Gasteiger partial charge in [0.1, 0.15) is 5.82 Å². The molecule has 0 fully saturated rings. The lowest BCUT2D eigenvalue weighted by Crippen LogP contribution is -1.90. The SMILES string of the molecule is CSc1c(F)ccc(-c2cc(N)no2)c1F. The molecule has 0 aliphatic heterocycles. The van der Waals surface area contributed by atoms with E-state index in [1.165, 1.54) is 18.2 Å². The number of anilines is 1. The van der Waals surface area contributed by atoms with Crippen molar-refractivity contribution in [2.75, 3.05) is 12.0 Å². The van der Waals surface area contributed by atoms with Gasteiger partial charge in [-0.15, -0.1) is 11.8 Å². The Morgan fingerprint density at radius 2 is 2.12 bits per heavy atom. The number of rotatable bonds is 2. The minimum absolute atomic E-state index is 0.0486. The number of hydrogen-bond acceptors (Lipinski definition) is 4. The highest BCUT2D eigenvalue weighted by molar-refractivity contribution is 7.98. The fourth-order valence-electron chi connectivity index (χ4n) is 1.33. The molecule has 0 amide bonds. The van der Waals surface area contributed by atoms with Gasteiger partial charge in [0, 0.05) is 6.07 Å². The van der Waals surface area contributed by atoms with Crippen LogP contribution in [0.5, 0.6) is 0 Å². The monoisotopic (exact) mass is 242 g/mol. The zero-order valence-corrected chi connectivity index (χ0v) is 9.15. The molecule has 1 aromatic carbocycles. The molecule has 84 valence electrons. The van der Waals surface area contributed by atoms with Gasteiger partial charge in [0.15, 0.2) is 17.4 Å². The van der Waals surface area contributed by atoms with Crippen LogP contribution in [0, 0.1) is 11.6 Å². The van der Waals surface area contributed by atoms with Crippen LogP contribution in [0.15, 0.2) is 27.6 Å². The number of aromatic nitrogens is 1. The Balaban J connectivity index is 2.58. The Bertz CT molecular complexity index is 528. The maximum Gasteiger partial charge on any atom is 0.172 e. The Morgan fingerprint density at radius 3 is 2.69 bits per heavy atom. The first kappa shape index (κ1) is 10.9. The number of halogens is 2. The van der Waals surface area contributed by atoms with Crippen molar-refractivity contribution in [1.82, 2.24) is 5.16 Å². The molecule has 2 rings (SSSR count). The molecular weight excluding hydrogens is 234 g/mol. The third-order valence-electron chi connectivity index (χ3n) is 2.05. The van der Waals surface area contributed by atoms with Crippen molar-refractivity contribution in [3.8, 4) is 11.3 Å². The number of benzene rings is 1. The minimum Gasteiger partial charge on any atom is -0.381 e. The van der Waals surface area contributed by atoms with Crippen molar-refractivity contribution in [2.45, 2.75) is 4.90 Å². The highest BCUT2D eigenvalue weighted by atomic mass is 32.2. The second-order valence-electron chi connectivity index (χ2n) is 3.06. The van der Waals surface area contributed by atoms with E-state index in [1.54, 1.807) is 6.26 Å². The van der Waals surface area contributed by atoms with E-state index in [2.05, 4.69) is 5.16 Å². The first-order valence-corrected chi connectivity index (χ1v) is 5.60. The van der Waals surface area contributed by atoms with E-state index in [9.17, 15) is 8.78 Å². The van der Waals surface area contributed by atoms with Crippen LogP contribution in [0.4, 0.5) is 14.6 Å². The van der Waals surface area contributed by atoms with Crippen LogP contribution in [0.3, 0.4) is 0 Å². The van der Waals surface area contributed by atoms with Gasteiger partial charge in [-0.05, 0) is 18.4 Å². The summed E-state index contributed by atoms with van der Waals surface area (Å²) >= 11 is 0.994. The fourth-order valence-corrected chi connectivity index (χ4v) is 1.88. The average Bonchev–Trinajstić information content (AvgIpc) is 2.65. The lowest BCUT2D eigenvalue weighted by Gasteiger charge is -2.04. The number of nitrogens with zero attached hydrogens (tertiary/aromatic N) is 1. The maximum atomic E-state index is 13.8. The van der Waals surface area contributed by atoms with Crippen molar-refractivity contribution in [3.63, 3.8) is 0 Å². The van der Waals surface area contributed by atoms with Crippen molar-refractivity contribution in [3.05, 3.63) is 29.8 Å². The Labute approximate surface area is 94.6 Å². The number of hydrogen-bond donors (Lipinski definition) is 1. The molecule has 0 atom stereocenters. The molecule has 0 spiro atoms. The summed E-state index contributed by atoms with van der Waals surface area (Å²) in [5, 5.41) is 3.45. The normalized spacial score (nSPS) is 10.7. The van der Waals surface area contributed by atoms with Crippen LogP contribution in [0.2, 0.25) is 0 Å². The molecule has 3 nitrogen and oxygen atoms in total. The zero-order valence-electron chi connectivity index (χ0n) is 8.33. The maximum absolute atomic E-state index is 13.8. The predicted molar refractivity (Wildman–Crippen MR) is 58.0 cm³/mol. The van der Waals surface area contributed by atoms with Crippen LogP contribution in [-0.4, -0.2) is 11.4 Å².